The van der Waals surface area contributed by atoms with Crippen molar-refractivity contribution in [3.63, 3.8) is 0 Å². The Bertz CT molecular complexity index is 523. The molecular weight excluding hydrogens is 229 g/mol. The van der Waals surface area contributed by atoms with Crippen molar-refractivity contribution in [2.24, 2.45) is 5.73 Å². The van der Waals surface area contributed by atoms with E-state index < -0.39 is 0 Å². The summed E-state index contributed by atoms with van der Waals surface area (Å²) in [7, 11) is 0. The first-order valence-corrected chi connectivity index (χ1v) is 5.96. The molecule has 0 saturated carbocycles. The fourth-order valence-corrected chi connectivity index (χ4v) is 1.83. The first-order valence-electron chi connectivity index (χ1n) is 5.96. The molecule has 0 unspecified atom stereocenters. The largest absolute Gasteiger partial charge is 0.493 e. The Hall–Kier alpha value is -1.87. The van der Waals surface area contributed by atoms with Gasteiger partial charge in [0.15, 0.2) is 0 Å². The second-order valence-corrected chi connectivity index (χ2v) is 3.97. The lowest BCUT2D eigenvalue weighted by Crippen LogP contribution is -1.97. The van der Waals surface area contributed by atoms with Crippen molar-refractivity contribution in [3.05, 3.63) is 53.8 Å². The van der Waals surface area contributed by atoms with Crippen LogP contribution >= 0.6 is 0 Å². The maximum absolute atomic E-state index is 13.2. The van der Waals surface area contributed by atoms with Gasteiger partial charge in [-0.05, 0) is 30.2 Å². The molecule has 0 aromatic heterocycles. The summed E-state index contributed by atoms with van der Waals surface area (Å²) in [6.45, 7) is 2.91. The summed E-state index contributed by atoms with van der Waals surface area (Å²) >= 11 is 0. The first kappa shape index (κ1) is 12.6. The van der Waals surface area contributed by atoms with Crippen molar-refractivity contribution >= 4 is 0 Å². The van der Waals surface area contributed by atoms with Crippen LogP contribution in [0.3, 0.4) is 0 Å². The highest BCUT2D eigenvalue weighted by molar-refractivity contribution is 5.70. The third-order valence-electron chi connectivity index (χ3n) is 2.74. The molecule has 0 atom stereocenters. The fourth-order valence-electron chi connectivity index (χ4n) is 1.83. The number of hydrogen-bond acceptors (Lipinski definition) is 2. The molecule has 0 bridgehead atoms. The Morgan fingerprint density at radius 3 is 2.44 bits per heavy atom. The number of benzene rings is 2. The van der Waals surface area contributed by atoms with E-state index in [1.54, 1.807) is 6.07 Å². The van der Waals surface area contributed by atoms with Gasteiger partial charge < -0.3 is 10.5 Å². The lowest BCUT2D eigenvalue weighted by molar-refractivity contribution is 0.339. The molecule has 2 rings (SSSR count). The van der Waals surface area contributed by atoms with E-state index in [1.165, 1.54) is 12.1 Å². The van der Waals surface area contributed by atoms with Crippen molar-refractivity contribution in [1.82, 2.24) is 0 Å². The van der Waals surface area contributed by atoms with Gasteiger partial charge in [-0.25, -0.2) is 4.39 Å². The molecule has 0 aliphatic rings. The minimum atomic E-state index is -0.291. The van der Waals surface area contributed by atoms with Crippen molar-refractivity contribution in [2.45, 2.75) is 13.5 Å². The van der Waals surface area contributed by atoms with Gasteiger partial charge in [-0.15, -0.1) is 0 Å². The summed E-state index contributed by atoms with van der Waals surface area (Å²) < 4.78 is 18.7. The molecule has 0 spiro atoms. The smallest absolute Gasteiger partial charge is 0.130 e. The number of nitrogens with two attached hydrogens (primary N) is 1. The molecule has 2 N–H and O–H groups in total. The van der Waals surface area contributed by atoms with E-state index in [4.69, 9.17) is 10.5 Å². The summed E-state index contributed by atoms with van der Waals surface area (Å²) in [5.41, 5.74) is 8.52. The van der Waals surface area contributed by atoms with E-state index in [9.17, 15) is 4.39 Å². The molecule has 18 heavy (non-hydrogen) atoms. The summed E-state index contributed by atoms with van der Waals surface area (Å²) in [4.78, 5) is 0. The molecule has 0 aliphatic heterocycles. The first-order chi connectivity index (χ1) is 8.74. The van der Waals surface area contributed by atoms with E-state index in [2.05, 4.69) is 0 Å². The SMILES string of the molecule is CCOc1cc(F)ccc1-c1ccc(CN)cc1. The maximum atomic E-state index is 13.2. The monoisotopic (exact) mass is 245 g/mol. The Labute approximate surface area is 106 Å². The predicted molar refractivity (Wildman–Crippen MR) is 70.9 cm³/mol. The van der Waals surface area contributed by atoms with E-state index >= 15 is 0 Å². The Morgan fingerprint density at radius 1 is 1.11 bits per heavy atom. The topological polar surface area (TPSA) is 35.2 Å². The molecule has 0 saturated heterocycles. The van der Waals surface area contributed by atoms with Crippen LogP contribution in [-0.2, 0) is 6.54 Å². The van der Waals surface area contributed by atoms with Gasteiger partial charge in [0.1, 0.15) is 11.6 Å². The van der Waals surface area contributed by atoms with Gasteiger partial charge in [0.25, 0.3) is 0 Å². The summed E-state index contributed by atoms with van der Waals surface area (Å²) in [5.74, 6) is 0.277. The van der Waals surface area contributed by atoms with Crippen molar-refractivity contribution in [3.8, 4) is 16.9 Å². The standard InChI is InChI=1S/C15H16FNO/c1-2-18-15-9-13(16)7-8-14(15)12-5-3-11(10-17)4-6-12/h3-9H,2,10,17H2,1H3. The number of hydrogen-bond donors (Lipinski definition) is 1. The average Bonchev–Trinajstić information content (AvgIpc) is 2.40. The lowest BCUT2D eigenvalue weighted by atomic mass is 10.0. The van der Waals surface area contributed by atoms with Crippen molar-refractivity contribution < 1.29 is 9.13 Å². The van der Waals surface area contributed by atoms with Crippen LogP contribution < -0.4 is 10.5 Å². The Morgan fingerprint density at radius 2 is 1.83 bits per heavy atom. The molecule has 2 aromatic carbocycles. The quantitative estimate of drug-likeness (QED) is 0.896. The molecule has 2 aromatic rings. The molecule has 0 fully saturated rings. The second kappa shape index (κ2) is 5.65. The van der Waals surface area contributed by atoms with Crippen molar-refractivity contribution in [2.75, 3.05) is 6.61 Å². The average molecular weight is 245 g/mol. The Kier molecular flexibility index (Phi) is 3.95. The molecule has 94 valence electrons. The van der Waals surface area contributed by atoms with Gasteiger partial charge in [-0.1, -0.05) is 24.3 Å². The maximum Gasteiger partial charge on any atom is 0.130 e. The van der Waals surface area contributed by atoms with Gasteiger partial charge in [0.2, 0.25) is 0 Å². The molecular formula is C15H16FNO. The van der Waals surface area contributed by atoms with Crippen LogP contribution in [0.2, 0.25) is 0 Å². The highest BCUT2D eigenvalue weighted by Crippen LogP contribution is 2.30. The molecule has 2 nitrogen and oxygen atoms in total. The summed E-state index contributed by atoms with van der Waals surface area (Å²) in [6, 6.07) is 12.5. The van der Waals surface area contributed by atoms with Crippen LogP contribution in [0.25, 0.3) is 11.1 Å². The van der Waals surface area contributed by atoms with Crippen LogP contribution in [0.4, 0.5) is 4.39 Å². The number of halogens is 1. The zero-order chi connectivity index (χ0) is 13.0. The lowest BCUT2D eigenvalue weighted by Gasteiger charge is -2.11. The molecule has 0 radical (unpaired) electrons. The van der Waals surface area contributed by atoms with Gasteiger partial charge >= 0.3 is 0 Å². The minimum absolute atomic E-state index is 0.291. The van der Waals surface area contributed by atoms with E-state index in [0.717, 1.165) is 16.7 Å². The van der Waals surface area contributed by atoms with Crippen LogP contribution in [0.1, 0.15) is 12.5 Å². The predicted octanol–water partition coefficient (Wildman–Crippen LogP) is 3.35. The molecule has 3 heteroatoms. The van der Waals surface area contributed by atoms with Crippen LogP contribution in [0.5, 0.6) is 5.75 Å². The zero-order valence-corrected chi connectivity index (χ0v) is 10.3. The van der Waals surface area contributed by atoms with Crippen molar-refractivity contribution in [1.29, 1.82) is 0 Å². The number of ether oxygens (including phenoxy) is 1. The molecule has 0 aliphatic carbocycles. The normalized spacial score (nSPS) is 10.4. The zero-order valence-electron chi connectivity index (χ0n) is 10.3. The third-order valence-corrected chi connectivity index (χ3v) is 2.74. The molecule has 0 amide bonds. The Balaban J connectivity index is 2.41. The minimum Gasteiger partial charge on any atom is -0.493 e. The highest BCUT2D eigenvalue weighted by atomic mass is 19.1. The second-order valence-electron chi connectivity index (χ2n) is 3.97. The van der Waals surface area contributed by atoms with Gasteiger partial charge in [-0.2, -0.15) is 0 Å². The van der Waals surface area contributed by atoms with E-state index in [0.29, 0.717) is 18.9 Å². The van der Waals surface area contributed by atoms with E-state index in [-0.39, 0.29) is 5.82 Å². The summed E-state index contributed by atoms with van der Waals surface area (Å²) in [6.07, 6.45) is 0. The summed E-state index contributed by atoms with van der Waals surface area (Å²) in [5, 5.41) is 0. The fraction of sp³-hybridized carbons (Fsp3) is 0.200. The van der Waals surface area contributed by atoms with Crippen LogP contribution in [0.15, 0.2) is 42.5 Å². The van der Waals surface area contributed by atoms with E-state index in [1.807, 2.05) is 31.2 Å². The van der Waals surface area contributed by atoms with Gasteiger partial charge in [0.05, 0.1) is 6.61 Å². The highest BCUT2D eigenvalue weighted by Gasteiger charge is 2.07. The van der Waals surface area contributed by atoms with Gasteiger partial charge in [0, 0.05) is 18.2 Å². The van der Waals surface area contributed by atoms with Gasteiger partial charge in [-0.3, -0.25) is 0 Å². The molecule has 0 heterocycles. The number of rotatable bonds is 4. The van der Waals surface area contributed by atoms with Crippen LogP contribution in [-0.4, -0.2) is 6.61 Å². The van der Waals surface area contributed by atoms with Crippen LogP contribution in [0, 0.1) is 5.82 Å². The third kappa shape index (κ3) is 2.68.